The molecule has 0 saturated carbocycles. The molecule has 22 heavy (non-hydrogen) atoms. The highest BCUT2D eigenvalue weighted by Gasteiger charge is 2.51. The van der Waals surface area contributed by atoms with Gasteiger partial charge in [0.1, 0.15) is 0 Å². The Kier molecular flexibility index (Phi) is 3.95. The Morgan fingerprint density at radius 2 is 1.82 bits per heavy atom. The minimum absolute atomic E-state index is 0.0645. The van der Waals surface area contributed by atoms with Gasteiger partial charge in [0, 0.05) is 10.6 Å². The van der Waals surface area contributed by atoms with Crippen LogP contribution in [0, 0.1) is 6.92 Å². The molecule has 7 nitrogen and oxygen atoms in total. The van der Waals surface area contributed by atoms with Crippen LogP contribution in [-0.2, 0) is 9.31 Å². The minimum atomic E-state index is -1.09. The summed E-state index contributed by atoms with van der Waals surface area (Å²) in [5.74, 6) is -1.09. The van der Waals surface area contributed by atoms with E-state index in [4.69, 9.17) is 14.8 Å². The number of benzene rings is 1. The summed E-state index contributed by atoms with van der Waals surface area (Å²) in [5.41, 5.74) is 8.82. The van der Waals surface area contributed by atoms with E-state index in [9.17, 15) is 9.90 Å². The van der Waals surface area contributed by atoms with E-state index in [2.05, 4.69) is 10.0 Å². The van der Waals surface area contributed by atoms with E-state index in [1.807, 2.05) is 27.7 Å². The van der Waals surface area contributed by atoms with Crippen molar-refractivity contribution in [1.82, 2.24) is 0 Å². The fourth-order valence-electron chi connectivity index (χ4n) is 2.21. The molecule has 1 saturated heterocycles. The molecule has 1 aliphatic rings. The van der Waals surface area contributed by atoms with E-state index in [1.54, 1.807) is 13.0 Å². The Bertz CT molecular complexity index is 642. The van der Waals surface area contributed by atoms with Crippen LogP contribution in [0.2, 0.25) is 0 Å². The highest BCUT2D eigenvalue weighted by Crippen LogP contribution is 2.37. The zero-order chi connectivity index (χ0) is 16.7. The van der Waals surface area contributed by atoms with Crippen LogP contribution in [0.4, 0.5) is 5.69 Å². The van der Waals surface area contributed by atoms with Gasteiger partial charge in [0.15, 0.2) is 0 Å². The monoisotopic (exact) mass is 303 g/mol. The first kappa shape index (κ1) is 16.4. The summed E-state index contributed by atoms with van der Waals surface area (Å²) in [4.78, 5) is 14.1. The summed E-state index contributed by atoms with van der Waals surface area (Å²) < 4.78 is 11.8. The summed E-state index contributed by atoms with van der Waals surface area (Å²) in [6.07, 6.45) is 0. The van der Waals surface area contributed by atoms with Crippen LogP contribution in [0.5, 0.6) is 0 Å². The molecule has 8 heteroatoms. The van der Waals surface area contributed by atoms with Crippen molar-refractivity contribution in [1.29, 1.82) is 0 Å². The third-order valence-corrected chi connectivity index (χ3v) is 4.31. The number of azide groups is 1. The van der Waals surface area contributed by atoms with Crippen LogP contribution >= 0.6 is 0 Å². The highest BCUT2D eigenvalue weighted by molar-refractivity contribution is 6.62. The number of carboxylic acids is 1. The van der Waals surface area contributed by atoms with Crippen molar-refractivity contribution in [3.63, 3.8) is 0 Å². The van der Waals surface area contributed by atoms with Gasteiger partial charge in [0.2, 0.25) is 0 Å². The number of rotatable bonds is 3. The van der Waals surface area contributed by atoms with Gasteiger partial charge in [0.25, 0.3) is 0 Å². The topological polar surface area (TPSA) is 105 Å². The predicted molar refractivity (Wildman–Crippen MR) is 82.7 cm³/mol. The van der Waals surface area contributed by atoms with Crippen LogP contribution in [0.25, 0.3) is 10.4 Å². The van der Waals surface area contributed by atoms with Gasteiger partial charge in [-0.05, 0) is 57.2 Å². The Morgan fingerprint density at radius 1 is 1.27 bits per heavy atom. The van der Waals surface area contributed by atoms with E-state index in [0.717, 1.165) is 0 Å². The maximum Gasteiger partial charge on any atom is 0.494 e. The Hall–Kier alpha value is -2.02. The van der Waals surface area contributed by atoms with Crippen molar-refractivity contribution < 1.29 is 19.2 Å². The normalized spacial score (nSPS) is 18.9. The van der Waals surface area contributed by atoms with Crippen molar-refractivity contribution >= 4 is 24.2 Å². The molecule has 0 aromatic heterocycles. The van der Waals surface area contributed by atoms with E-state index in [-0.39, 0.29) is 11.3 Å². The molecule has 0 radical (unpaired) electrons. The molecular formula is C14H18BN3O4. The molecular weight excluding hydrogens is 285 g/mol. The lowest BCUT2D eigenvalue weighted by Crippen LogP contribution is -2.41. The largest absolute Gasteiger partial charge is 0.494 e. The van der Waals surface area contributed by atoms with E-state index in [1.165, 1.54) is 6.07 Å². The van der Waals surface area contributed by atoms with Gasteiger partial charge in [-0.3, -0.25) is 0 Å². The highest BCUT2D eigenvalue weighted by atomic mass is 16.7. The lowest BCUT2D eigenvalue weighted by molar-refractivity contribution is 0.00578. The molecule has 116 valence electrons. The zero-order valence-corrected chi connectivity index (χ0v) is 13.2. The van der Waals surface area contributed by atoms with Crippen molar-refractivity contribution in [2.45, 2.75) is 45.8 Å². The molecule has 0 atom stereocenters. The fraction of sp³-hybridized carbons (Fsp3) is 0.500. The maximum atomic E-state index is 11.4. The molecule has 1 N–H and O–H groups in total. The average Bonchev–Trinajstić information content (AvgIpc) is 2.60. The van der Waals surface area contributed by atoms with Crippen LogP contribution in [-0.4, -0.2) is 29.4 Å². The second-order valence-corrected chi connectivity index (χ2v) is 6.30. The first-order chi connectivity index (χ1) is 10.1. The molecule has 0 amide bonds. The van der Waals surface area contributed by atoms with Gasteiger partial charge in [0.05, 0.1) is 16.8 Å². The number of hydrogen-bond acceptors (Lipinski definition) is 4. The lowest BCUT2D eigenvalue weighted by Gasteiger charge is -2.32. The zero-order valence-electron chi connectivity index (χ0n) is 13.2. The van der Waals surface area contributed by atoms with Crippen molar-refractivity contribution in [3.05, 3.63) is 33.7 Å². The third-order valence-electron chi connectivity index (χ3n) is 4.31. The first-order valence-corrected chi connectivity index (χ1v) is 6.87. The molecule has 1 aliphatic heterocycles. The second kappa shape index (κ2) is 5.32. The summed E-state index contributed by atoms with van der Waals surface area (Å²) in [5, 5.41) is 12.9. The standard InChI is InChI=1S/C14H18BN3O4/c1-8-10(12(19)20)6-9(7-11(8)17-18-16)15-21-13(2,3)14(4,5)22-15/h6-7H,1-5H3,(H,19,20). The van der Waals surface area contributed by atoms with Gasteiger partial charge in [-0.2, -0.15) is 0 Å². The summed E-state index contributed by atoms with van der Waals surface area (Å²) in [7, 11) is -0.712. The van der Waals surface area contributed by atoms with Crippen molar-refractivity contribution in [2.75, 3.05) is 0 Å². The Morgan fingerprint density at radius 3 is 2.27 bits per heavy atom. The van der Waals surface area contributed by atoms with Crippen LogP contribution in [0.1, 0.15) is 43.6 Å². The molecule has 2 rings (SSSR count). The maximum absolute atomic E-state index is 11.4. The number of nitrogens with zero attached hydrogens (tertiary/aromatic N) is 3. The van der Waals surface area contributed by atoms with Gasteiger partial charge >= 0.3 is 13.1 Å². The molecule has 1 aromatic carbocycles. The summed E-state index contributed by atoms with van der Waals surface area (Å²) >= 11 is 0. The number of aromatic carboxylic acids is 1. The molecule has 1 fully saturated rings. The minimum Gasteiger partial charge on any atom is -0.478 e. The van der Waals surface area contributed by atoms with Crippen LogP contribution in [0.15, 0.2) is 17.2 Å². The number of carbonyl (C=O) groups is 1. The third kappa shape index (κ3) is 2.68. The molecule has 0 spiro atoms. The predicted octanol–water partition coefficient (Wildman–Crippen LogP) is 2.93. The average molecular weight is 303 g/mol. The molecule has 0 bridgehead atoms. The van der Waals surface area contributed by atoms with E-state index >= 15 is 0 Å². The molecule has 0 aliphatic carbocycles. The molecule has 1 heterocycles. The van der Waals surface area contributed by atoms with Gasteiger partial charge in [-0.1, -0.05) is 11.2 Å². The number of hydrogen-bond donors (Lipinski definition) is 1. The van der Waals surface area contributed by atoms with Crippen LogP contribution < -0.4 is 5.46 Å². The van der Waals surface area contributed by atoms with Gasteiger partial charge in [-0.15, -0.1) is 0 Å². The van der Waals surface area contributed by atoms with E-state index in [0.29, 0.717) is 11.0 Å². The van der Waals surface area contributed by atoms with E-state index < -0.39 is 24.3 Å². The molecule has 0 unspecified atom stereocenters. The summed E-state index contributed by atoms with van der Waals surface area (Å²) in [6.45, 7) is 9.24. The number of carboxylic acid groups (broad SMARTS) is 1. The second-order valence-electron chi connectivity index (χ2n) is 6.30. The summed E-state index contributed by atoms with van der Waals surface area (Å²) in [6, 6.07) is 3.10. The smallest absolute Gasteiger partial charge is 0.478 e. The Labute approximate surface area is 129 Å². The van der Waals surface area contributed by atoms with Crippen molar-refractivity contribution in [2.24, 2.45) is 5.11 Å². The van der Waals surface area contributed by atoms with Gasteiger partial charge < -0.3 is 14.4 Å². The van der Waals surface area contributed by atoms with Crippen LogP contribution in [0.3, 0.4) is 0 Å². The lowest BCUT2D eigenvalue weighted by atomic mass is 9.77. The first-order valence-electron chi connectivity index (χ1n) is 6.87. The molecule has 1 aromatic rings. The quantitative estimate of drug-likeness (QED) is 0.401. The SMILES string of the molecule is Cc1c(N=[N+]=[N-])cc(B2OC(C)(C)C(C)(C)O2)cc1C(=O)O. The fourth-order valence-corrected chi connectivity index (χ4v) is 2.21. The van der Waals surface area contributed by atoms with Gasteiger partial charge in [-0.25, -0.2) is 4.79 Å². The Balaban J connectivity index is 2.53. The van der Waals surface area contributed by atoms with Crippen molar-refractivity contribution in [3.8, 4) is 0 Å².